The summed E-state index contributed by atoms with van der Waals surface area (Å²) in [6, 6.07) is 8.17. The van der Waals surface area contributed by atoms with Crippen LogP contribution in [0.2, 0.25) is 10.0 Å². The number of nitro groups is 1. The van der Waals surface area contributed by atoms with Crippen LogP contribution >= 0.6 is 23.2 Å². The fourth-order valence-corrected chi connectivity index (χ4v) is 3.92. The summed E-state index contributed by atoms with van der Waals surface area (Å²) in [6.45, 7) is 3.91. The maximum absolute atomic E-state index is 13.3. The van der Waals surface area contributed by atoms with Crippen LogP contribution < -0.4 is 14.8 Å². The van der Waals surface area contributed by atoms with Crippen LogP contribution in [-0.4, -0.2) is 47.9 Å². The molecule has 35 heavy (non-hydrogen) atoms. The average Bonchev–Trinajstić information content (AvgIpc) is 2.83. The van der Waals surface area contributed by atoms with Crippen LogP contribution in [0.3, 0.4) is 0 Å². The summed E-state index contributed by atoms with van der Waals surface area (Å²) < 4.78 is 10.6. The van der Waals surface area contributed by atoms with Gasteiger partial charge in [-0.15, -0.1) is 0 Å². The molecule has 0 aliphatic carbocycles. The van der Waals surface area contributed by atoms with Crippen LogP contribution in [-0.2, 0) is 16.1 Å². The first-order chi connectivity index (χ1) is 16.7. The zero-order valence-corrected chi connectivity index (χ0v) is 21.4. The number of nitro benzene ring substituents is 1. The Hall–Kier alpha value is -3.04. The number of rotatable bonds is 13. The van der Waals surface area contributed by atoms with Gasteiger partial charge in [0, 0.05) is 40.8 Å². The molecule has 1 unspecified atom stereocenters. The molecule has 0 spiro atoms. The van der Waals surface area contributed by atoms with Crippen LogP contribution in [0.15, 0.2) is 36.4 Å². The van der Waals surface area contributed by atoms with Gasteiger partial charge in [-0.3, -0.25) is 19.7 Å². The third-order valence-corrected chi connectivity index (χ3v) is 6.02. The van der Waals surface area contributed by atoms with E-state index in [1.54, 1.807) is 25.1 Å². The van der Waals surface area contributed by atoms with Crippen molar-refractivity contribution < 1.29 is 24.0 Å². The maximum Gasteiger partial charge on any atom is 0.311 e. The largest absolute Gasteiger partial charge is 0.490 e. The number of hydrogen-bond donors (Lipinski definition) is 1. The van der Waals surface area contributed by atoms with Gasteiger partial charge in [0.15, 0.2) is 6.61 Å². The van der Waals surface area contributed by atoms with Gasteiger partial charge >= 0.3 is 5.69 Å². The zero-order valence-electron chi connectivity index (χ0n) is 19.9. The van der Waals surface area contributed by atoms with Gasteiger partial charge < -0.3 is 19.7 Å². The van der Waals surface area contributed by atoms with Crippen LogP contribution in [0.4, 0.5) is 5.69 Å². The van der Waals surface area contributed by atoms with E-state index >= 15 is 0 Å². The van der Waals surface area contributed by atoms with E-state index in [1.165, 1.54) is 30.2 Å². The number of carbonyl (C=O) groups is 2. The highest BCUT2D eigenvalue weighted by atomic mass is 35.5. The molecule has 2 rings (SSSR count). The van der Waals surface area contributed by atoms with Gasteiger partial charge in [-0.25, -0.2) is 0 Å². The number of halogens is 2. The highest BCUT2D eigenvalue weighted by molar-refractivity contribution is 6.36. The predicted octanol–water partition coefficient (Wildman–Crippen LogP) is 5.01. The lowest BCUT2D eigenvalue weighted by molar-refractivity contribution is -0.385. The van der Waals surface area contributed by atoms with Crippen molar-refractivity contribution in [2.45, 2.75) is 45.7 Å². The molecule has 11 heteroatoms. The smallest absolute Gasteiger partial charge is 0.311 e. The number of ether oxygens (including phenoxy) is 2. The molecule has 9 nitrogen and oxygen atoms in total. The Labute approximate surface area is 214 Å². The Morgan fingerprint density at radius 1 is 1.17 bits per heavy atom. The van der Waals surface area contributed by atoms with E-state index in [4.69, 9.17) is 32.7 Å². The molecule has 0 aromatic heterocycles. The number of unbranched alkanes of at least 4 members (excludes halogenated alkanes) is 1. The number of benzene rings is 2. The summed E-state index contributed by atoms with van der Waals surface area (Å²) in [5.74, 6) is -0.552. The number of methoxy groups -OCH3 is 1. The molecule has 190 valence electrons. The number of nitrogens with zero attached hydrogens (tertiary/aromatic N) is 2. The van der Waals surface area contributed by atoms with Crippen molar-refractivity contribution in [1.29, 1.82) is 0 Å². The minimum Gasteiger partial charge on any atom is -0.490 e. The maximum atomic E-state index is 13.3. The monoisotopic (exact) mass is 525 g/mol. The summed E-state index contributed by atoms with van der Waals surface area (Å²) in [6.07, 6.45) is 2.09. The van der Waals surface area contributed by atoms with Crippen LogP contribution in [0.5, 0.6) is 11.5 Å². The first-order valence-electron chi connectivity index (χ1n) is 11.2. The van der Waals surface area contributed by atoms with Gasteiger partial charge in [0.2, 0.25) is 11.7 Å². The molecule has 0 saturated heterocycles. The molecule has 0 saturated carbocycles. The van der Waals surface area contributed by atoms with E-state index in [0.29, 0.717) is 28.6 Å². The van der Waals surface area contributed by atoms with Gasteiger partial charge in [0.1, 0.15) is 11.8 Å². The number of carbonyl (C=O) groups excluding carboxylic acids is 2. The van der Waals surface area contributed by atoms with E-state index in [1.807, 2.05) is 6.92 Å². The molecule has 2 aromatic carbocycles. The SMILES string of the molecule is CCCCNC(=O)C(CC)N(Cc1c(Cl)cccc1Cl)C(=O)COc1ccc([N+](=O)[O-])c(OC)c1. The second-order valence-electron chi connectivity index (χ2n) is 7.67. The predicted molar refractivity (Wildman–Crippen MR) is 134 cm³/mol. The highest BCUT2D eigenvalue weighted by Gasteiger charge is 2.30. The number of hydrogen-bond acceptors (Lipinski definition) is 6. The van der Waals surface area contributed by atoms with Crippen molar-refractivity contribution in [3.8, 4) is 11.5 Å². The lowest BCUT2D eigenvalue weighted by atomic mass is 10.1. The molecular weight excluding hydrogens is 497 g/mol. The fraction of sp³-hybridized carbons (Fsp3) is 0.417. The number of nitrogens with one attached hydrogen (secondary N) is 1. The summed E-state index contributed by atoms with van der Waals surface area (Å²) >= 11 is 12.7. The van der Waals surface area contributed by atoms with Gasteiger partial charge in [-0.1, -0.05) is 49.5 Å². The van der Waals surface area contributed by atoms with Crippen LogP contribution in [0.1, 0.15) is 38.7 Å². The van der Waals surface area contributed by atoms with E-state index in [-0.39, 0.29) is 29.6 Å². The normalized spacial score (nSPS) is 11.5. The molecule has 1 atom stereocenters. The average molecular weight is 526 g/mol. The molecule has 2 aromatic rings. The van der Waals surface area contributed by atoms with Crippen LogP contribution in [0, 0.1) is 10.1 Å². The lowest BCUT2D eigenvalue weighted by Gasteiger charge is -2.31. The third-order valence-electron chi connectivity index (χ3n) is 5.32. The van der Waals surface area contributed by atoms with Gasteiger partial charge in [-0.05, 0) is 31.0 Å². The molecule has 1 N–H and O–H groups in total. The second-order valence-corrected chi connectivity index (χ2v) is 8.48. The summed E-state index contributed by atoms with van der Waals surface area (Å²) in [5, 5.41) is 14.7. The molecule has 0 aliphatic heterocycles. The van der Waals surface area contributed by atoms with Crippen molar-refractivity contribution in [3.63, 3.8) is 0 Å². The third kappa shape index (κ3) is 7.73. The fourth-order valence-electron chi connectivity index (χ4n) is 3.41. The van der Waals surface area contributed by atoms with Gasteiger partial charge in [0.25, 0.3) is 5.91 Å². The van der Waals surface area contributed by atoms with E-state index < -0.39 is 23.5 Å². The molecule has 0 heterocycles. The van der Waals surface area contributed by atoms with Crippen molar-refractivity contribution in [2.24, 2.45) is 0 Å². The Kier molecular flexibility index (Phi) is 11.1. The van der Waals surface area contributed by atoms with Crippen molar-refractivity contribution in [2.75, 3.05) is 20.3 Å². The highest BCUT2D eigenvalue weighted by Crippen LogP contribution is 2.31. The Bertz CT molecular complexity index is 1030. The lowest BCUT2D eigenvalue weighted by Crippen LogP contribution is -2.50. The van der Waals surface area contributed by atoms with Crippen molar-refractivity contribution >= 4 is 40.7 Å². The summed E-state index contributed by atoms with van der Waals surface area (Å²) in [4.78, 5) is 38.1. The molecule has 0 radical (unpaired) electrons. The Balaban J connectivity index is 2.28. The second kappa shape index (κ2) is 13.7. The number of amides is 2. The zero-order chi connectivity index (χ0) is 26.0. The topological polar surface area (TPSA) is 111 Å². The Morgan fingerprint density at radius 3 is 2.43 bits per heavy atom. The van der Waals surface area contributed by atoms with Gasteiger partial charge in [-0.2, -0.15) is 0 Å². The quantitative estimate of drug-likeness (QED) is 0.223. The summed E-state index contributed by atoms with van der Waals surface area (Å²) in [5.41, 5.74) is 0.289. The van der Waals surface area contributed by atoms with Crippen LogP contribution in [0.25, 0.3) is 0 Å². The first kappa shape index (κ1) is 28.2. The molecular formula is C24H29Cl2N3O6. The summed E-state index contributed by atoms with van der Waals surface area (Å²) in [7, 11) is 1.30. The minimum atomic E-state index is -0.776. The van der Waals surface area contributed by atoms with E-state index in [2.05, 4.69) is 5.32 Å². The molecule has 2 amide bonds. The molecule has 0 fully saturated rings. The van der Waals surface area contributed by atoms with Crippen molar-refractivity contribution in [3.05, 3.63) is 62.1 Å². The molecule has 0 bridgehead atoms. The van der Waals surface area contributed by atoms with E-state index in [9.17, 15) is 19.7 Å². The Morgan fingerprint density at radius 2 is 1.86 bits per heavy atom. The minimum absolute atomic E-state index is 0.00129. The van der Waals surface area contributed by atoms with Crippen molar-refractivity contribution in [1.82, 2.24) is 10.2 Å². The molecule has 0 aliphatic rings. The first-order valence-corrected chi connectivity index (χ1v) is 11.9. The van der Waals surface area contributed by atoms with E-state index in [0.717, 1.165) is 12.8 Å². The standard InChI is InChI=1S/C24H29Cl2N3O6/c1-4-6-12-27-24(31)20(5-2)28(14-17-18(25)8-7-9-19(17)26)23(30)15-35-16-10-11-21(29(32)33)22(13-16)34-3/h7-11,13,20H,4-6,12,14-15H2,1-3H3,(H,27,31). The van der Waals surface area contributed by atoms with Gasteiger partial charge in [0.05, 0.1) is 12.0 Å².